The van der Waals surface area contributed by atoms with Gasteiger partial charge in [-0.05, 0) is 0 Å². The number of hydrogen-bond donors (Lipinski definition) is 11. The molecule has 0 radical (unpaired) electrons. The smallest absolute Gasteiger partial charge is 0.187 e. The standard InChI is InChI=1S/C26H44O21/c1-38-22-16(34)14(32)10(44-22)5-39-24-19(37)20(11(45-24)6-40-23-17(35)12(30)7(2-27)41-23)46-26-21(15(33)9(4-29)43-26)47-25-18(36)13(31)8(3-28)42-25/h7-37H,2-6H2,1H3/t7-,8-,9-,10-,11-,12-,13-,14-,15-,16+,17+,18+,19+,20-,21+,22+,23+,24+,25+,26-/m1/s1. The molecule has 0 saturated carbocycles. The minimum atomic E-state index is -1.65. The van der Waals surface area contributed by atoms with Crippen molar-refractivity contribution >= 4 is 0 Å². The van der Waals surface area contributed by atoms with Crippen molar-refractivity contribution in [2.24, 2.45) is 0 Å². The Bertz CT molecular complexity index is 981. The van der Waals surface area contributed by atoms with Crippen LogP contribution in [0.3, 0.4) is 0 Å². The Balaban J connectivity index is 1.30. The highest BCUT2D eigenvalue weighted by atomic mass is 16.8. The van der Waals surface area contributed by atoms with E-state index in [0.717, 1.165) is 0 Å². The van der Waals surface area contributed by atoms with Gasteiger partial charge in [-0.2, -0.15) is 0 Å². The molecule has 0 amide bonds. The van der Waals surface area contributed by atoms with E-state index in [9.17, 15) is 56.2 Å². The fourth-order valence-corrected chi connectivity index (χ4v) is 5.97. The Kier molecular flexibility index (Phi) is 12.7. The topological polar surface area (TPSA) is 315 Å². The van der Waals surface area contributed by atoms with E-state index in [2.05, 4.69) is 0 Å². The molecule has 0 aromatic heterocycles. The lowest BCUT2D eigenvalue weighted by Crippen LogP contribution is -2.47. The zero-order valence-electron chi connectivity index (χ0n) is 25.1. The first-order chi connectivity index (χ1) is 22.4. The highest BCUT2D eigenvalue weighted by Crippen LogP contribution is 2.35. The largest absolute Gasteiger partial charge is 0.394 e. The summed E-state index contributed by atoms with van der Waals surface area (Å²) in [6.45, 7) is -2.87. The third kappa shape index (κ3) is 7.61. The second-order valence-corrected chi connectivity index (χ2v) is 11.8. The Morgan fingerprint density at radius 2 is 0.809 bits per heavy atom. The van der Waals surface area contributed by atoms with E-state index in [0.29, 0.717) is 0 Å². The second-order valence-electron chi connectivity index (χ2n) is 11.8. The fraction of sp³-hybridized carbons (Fsp3) is 1.00. The molecule has 5 fully saturated rings. The van der Waals surface area contributed by atoms with Gasteiger partial charge < -0.3 is 104 Å². The van der Waals surface area contributed by atoms with Gasteiger partial charge in [0, 0.05) is 7.11 Å². The summed E-state index contributed by atoms with van der Waals surface area (Å²) in [6.07, 6.45) is -28.3. The molecule has 274 valence electrons. The molecule has 5 rings (SSSR count). The van der Waals surface area contributed by atoms with E-state index in [1.165, 1.54) is 7.11 Å². The van der Waals surface area contributed by atoms with Gasteiger partial charge >= 0.3 is 0 Å². The molecule has 47 heavy (non-hydrogen) atoms. The van der Waals surface area contributed by atoms with Gasteiger partial charge in [-0.3, -0.25) is 0 Å². The van der Waals surface area contributed by atoms with Crippen LogP contribution in [0.1, 0.15) is 0 Å². The van der Waals surface area contributed by atoms with Crippen LogP contribution in [0.25, 0.3) is 0 Å². The Hall–Kier alpha value is -0.840. The van der Waals surface area contributed by atoms with E-state index in [4.69, 9.17) is 47.4 Å². The Labute approximate surface area is 267 Å². The first-order valence-electron chi connectivity index (χ1n) is 15.0. The van der Waals surface area contributed by atoms with Crippen LogP contribution in [0.2, 0.25) is 0 Å². The van der Waals surface area contributed by atoms with E-state index >= 15 is 0 Å². The average Bonchev–Trinajstić information content (AvgIpc) is 3.79. The maximum absolute atomic E-state index is 11.2. The number of rotatable bonds is 14. The van der Waals surface area contributed by atoms with Crippen LogP contribution in [0.4, 0.5) is 0 Å². The summed E-state index contributed by atoms with van der Waals surface area (Å²) < 4.78 is 55.4. The molecule has 5 aliphatic heterocycles. The third-order valence-corrected chi connectivity index (χ3v) is 8.75. The van der Waals surface area contributed by atoms with E-state index in [-0.39, 0.29) is 0 Å². The monoisotopic (exact) mass is 692 g/mol. The van der Waals surface area contributed by atoms with Crippen molar-refractivity contribution in [1.29, 1.82) is 0 Å². The molecule has 0 aromatic carbocycles. The molecule has 5 aliphatic rings. The second kappa shape index (κ2) is 16.0. The third-order valence-electron chi connectivity index (χ3n) is 8.75. The molecule has 11 N–H and O–H groups in total. The van der Waals surface area contributed by atoms with Gasteiger partial charge in [-0.15, -0.1) is 0 Å². The number of aliphatic hydroxyl groups excluding tert-OH is 11. The molecule has 20 atom stereocenters. The first kappa shape index (κ1) is 37.4. The van der Waals surface area contributed by atoms with Gasteiger partial charge in [0.15, 0.2) is 31.5 Å². The summed E-state index contributed by atoms with van der Waals surface area (Å²) >= 11 is 0. The quantitative estimate of drug-likeness (QED) is 0.0805. The van der Waals surface area contributed by atoms with Gasteiger partial charge in [0.1, 0.15) is 91.6 Å². The van der Waals surface area contributed by atoms with Gasteiger partial charge in [0.25, 0.3) is 0 Å². The van der Waals surface area contributed by atoms with Crippen molar-refractivity contribution in [3.63, 3.8) is 0 Å². The SMILES string of the molecule is CO[C@H]1O[C@H](CO[C@H]2O[C@H](CO[C@H]3O[C@H](CO)[C@@H](O)[C@@H]3O)[C@@H](O[C@H]3O[C@H](CO)[C@@H](O)[C@@H]3O[C@@H]3O[C@H](CO)[C@@H](O)[C@@H]3O)[C@@H]2O)[C@@H](O)[C@@H]1O. The van der Waals surface area contributed by atoms with Crippen molar-refractivity contribution in [2.45, 2.75) is 123 Å². The highest BCUT2D eigenvalue weighted by Gasteiger charge is 2.55. The van der Waals surface area contributed by atoms with E-state index in [1.54, 1.807) is 0 Å². The summed E-state index contributed by atoms with van der Waals surface area (Å²) in [5, 5.41) is 112. The normalized spacial score (nSPS) is 51.8. The molecule has 5 heterocycles. The molecule has 21 nitrogen and oxygen atoms in total. The van der Waals surface area contributed by atoms with Crippen LogP contribution in [-0.4, -0.2) is 219 Å². The molecular formula is C26H44O21. The molecule has 0 bridgehead atoms. The zero-order chi connectivity index (χ0) is 34.2. The summed E-state index contributed by atoms with van der Waals surface area (Å²) in [6, 6.07) is 0. The van der Waals surface area contributed by atoms with E-state index in [1.807, 2.05) is 0 Å². The van der Waals surface area contributed by atoms with Crippen LogP contribution in [0.5, 0.6) is 0 Å². The van der Waals surface area contributed by atoms with Crippen molar-refractivity contribution in [3.8, 4) is 0 Å². The number of ether oxygens (including phenoxy) is 10. The Morgan fingerprint density at radius 3 is 1.36 bits per heavy atom. The van der Waals surface area contributed by atoms with Crippen molar-refractivity contribution < 1.29 is 104 Å². The molecule has 0 unspecified atom stereocenters. The highest BCUT2D eigenvalue weighted by molar-refractivity contribution is 4.96. The van der Waals surface area contributed by atoms with E-state index < -0.39 is 156 Å². The molecular weight excluding hydrogens is 648 g/mol. The van der Waals surface area contributed by atoms with Gasteiger partial charge in [-0.25, -0.2) is 0 Å². The van der Waals surface area contributed by atoms with Crippen LogP contribution in [0.15, 0.2) is 0 Å². The summed E-state index contributed by atoms with van der Waals surface area (Å²) in [7, 11) is 1.26. The van der Waals surface area contributed by atoms with Crippen LogP contribution < -0.4 is 0 Å². The van der Waals surface area contributed by atoms with Gasteiger partial charge in [0.05, 0.1) is 33.0 Å². The lowest BCUT2D eigenvalue weighted by atomic mass is 10.1. The minimum absolute atomic E-state index is 0.406. The van der Waals surface area contributed by atoms with Gasteiger partial charge in [-0.1, -0.05) is 0 Å². The molecule has 0 aromatic rings. The maximum atomic E-state index is 11.2. The molecule has 0 aliphatic carbocycles. The summed E-state index contributed by atoms with van der Waals surface area (Å²) in [5.41, 5.74) is 0. The van der Waals surface area contributed by atoms with Crippen LogP contribution in [0, 0.1) is 0 Å². The number of hydrogen-bond acceptors (Lipinski definition) is 21. The molecule has 0 spiro atoms. The predicted molar refractivity (Wildman–Crippen MR) is 141 cm³/mol. The van der Waals surface area contributed by atoms with Crippen LogP contribution in [-0.2, 0) is 47.4 Å². The zero-order valence-corrected chi connectivity index (χ0v) is 25.1. The maximum Gasteiger partial charge on any atom is 0.187 e. The first-order valence-corrected chi connectivity index (χ1v) is 15.0. The Morgan fingerprint density at radius 1 is 0.404 bits per heavy atom. The fourth-order valence-electron chi connectivity index (χ4n) is 5.97. The summed E-state index contributed by atoms with van der Waals surface area (Å²) in [5.74, 6) is 0. The lowest BCUT2D eigenvalue weighted by molar-refractivity contribution is -0.266. The van der Waals surface area contributed by atoms with Gasteiger partial charge in [0.2, 0.25) is 0 Å². The van der Waals surface area contributed by atoms with Crippen LogP contribution >= 0.6 is 0 Å². The summed E-state index contributed by atoms with van der Waals surface area (Å²) in [4.78, 5) is 0. The molecule has 21 heteroatoms. The predicted octanol–water partition coefficient (Wildman–Crippen LogP) is -8.07. The minimum Gasteiger partial charge on any atom is -0.394 e. The van der Waals surface area contributed by atoms with Crippen molar-refractivity contribution in [2.75, 3.05) is 40.1 Å². The molecule has 5 saturated heterocycles. The average molecular weight is 693 g/mol. The van der Waals surface area contributed by atoms with Crippen molar-refractivity contribution in [1.82, 2.24) is 0 Å². The van der Waals surface area contributed by atoms with Crippen molar-refractivity contribution in [3.05, 3.63) is 0 Å². The lowest BCUT2D eigenvalue weighted by Gasteiger charge is -2.29. The number of methoxy groups -OCH3 is 1. The number of aliphatic hydroxyl groups is 11.